The molecule has 0 spiro atoms. The van der Waals surface area contributed by atoms with E-state index in [4.69, 9.17) is 9.05 Å². The molecule has 1 aromatic carbocycles. The van der Waals surface area contributed by atoms with Gasteiger partial charge in [-0.25, -0.2) is 0 Å². The maximum atomic E-state index is 12.2. The SMILES string of the molecule is CCOP(=O)(CC(=O)c1cccc(I)c1)OCC. The van der Waals surface area contributed by atoms with Gasteiger partial charge in [-0.2, -0.15) is 0 Å². The summed E-state index contributed by atoms with van der Waals surface area (Å²) in [6, 6.07) is 7.14. The predicted molar refractivity (Wildman–Crippen MR) is 79.2 cm³/mol. The summed E-state index contributed by atoms with van der Waals surface area (Å²) in [5.41, 5.74) is 0.529. The molecule has 100 valence electrons. The molecule has 1 rings (SSSR count). The van der Waals surface area contributed by atoms with E-state index < -0.39 is 7.60 Å². The molecule has 0 fully saturated rings. The van der Waals surface area contributed by atoms with E-state index in [1.54, 1.807) is 32.0 Å². The van der Waals surface area contributed by atoms with Gasteiger partial charge >= 0.3 is 7.60 Å². The molecule has 0 saturated heterocycles. The van der Waals surface area contributed by atoms with Crippen LogP contribution in [0.2, 0.25) is 0 Å². The summed E-state index contributed by atoms with van der Waals surface area (Å²) >= 11 is 2.13. The van der Waals surface area contributed by atoms with E-state index in [2.05, 4.69) is 22.6 Å². The molecule has 0 saturated carbocycles. The number of rotatable bonds is 7. The highest BCUT2D eigenvalue weighted by atomic mass is 127. The maximum absolute atomic E-state index is 12.2. The van der Waals surface area contributed by atoms with Crippen molar-refractivity contribution in [2.24, 2.45) is 0 Å². The van der Waals surface area contributed by atoms with Crippen LogP contribution in [0.5, 0.6) is 0 Å². The van der Waals surface area contributed by atoms with Crippen molar-refractivity contribution in [2.45, 2.75) is 13.8 Å². The number of carbonyl (C=O) groups is 1. The van der Waals surface area contributed by atoms with Gasteiger partial charge in [-0.3, -0.25) is 9.36 Å². The zero-order chi connectivity index (χ0) is 13.6. The van der Waals surface area contributed by atoms with Crippen LogP contribution in [0.3, 0.4) is 0 Å². The molecule has 4 nitrogen and oxygen atoms in total. The van der Waals surface area contributed by atoms with Crippen molar-refractivity contribution in [2.75, 3.05) is 19.4 Å². The molecule has 18 heavy (non-hydrogen) atoms. The molecule has 0 heterocycles. The van der Waals surface area contributed by atoms with Crippen molar-refractivity contribution in [3.8, 4) is 0 Å². The van der Waals surface area contributed by atoms with Gasteiger partial charge in [0.15, 0.2) is 5.78 Å². The predicted octanol–water partition coefficient (Wildman–Crippen LogP) is 3.74. The van der Waals surface area contributed by atoms with E-state index in [0.717, 1.165) is 3.57 Å². The highest BCUT2D eigenvalue weighted by molar-refractivity contribution is 14.1. The van der Waals surface area contributed by atoms with E-state index in [9.17, 15) is 9.36 Å². The average molecular weight is 382 g/mol. The summed E-state index contributed by atoms with van der Waals surface area (Å²) in [5.74, 6) is -0.223. The van der Waals surface area contributed by atoms with Crippen LogP contribution in [0.1, 0.15) is 24.2 Å². The topological polar surface area (TPSA) is 52.6 Å². The van der Waals surface area contributed by atoms with Gasteiger partial charge in [0.05, 0.1) is 13.2 Å². The fourth-order valence-electron chi connectivity index (χ4n) is 1.45. The minimum absolute atomic E-state index is 0.214. The van der Waals surface area contributed by atoms with Crippen LogP contribution >= 0.6 is 30.2 Å². The zero-order valence-corrected chi connectivity index (χ0v) is 13.4. The van der Waals surface area contributed by atoms with Crippen LogP contribution in [0.4, 0.5) is 0 Å². The summed E-state index contributed by atoms with van der Waals surface area (Å²) in [7, 11) is -3.31. The molecule has 0 N–H and O–H groups in total. The molecule has 0 radical (unpaired) electrons. The molecule has 0 aliphatic rings. The van der Waals surface area contributed by atoms with Crippen molar-refractivity contribution in [1.29, 1.82) is 0 Å². The molecule has 6 heteroatoms. The average Bonchev–Trinajstić information content (AvgIpc) is 2.29. The lowest BCUT2D eigenvalue weighted by Crippen LogP contribution is -2.10. The Balaban J connectivity index is 2.82. The van der Waals surface area contributed by atoms with Crippen molar-refractivity contribution in [1.82, 2.24) is 0 Å². The van der Waals surface area contributed by atoms with Gasteiger partial charge in [0, 0.05) is 9.13 Å². The van der Waals surface area contributed by atoms with Crippen LogP contribution in [0, 0.1) is 3.57 Å². The van der Waals surface area contributed by atoms with Crippen molar-refractivity contribution in [3.05, 3.63) is 33.4 Å². The summed E-state index contributed by atoms with van der Waals surface area (Å²) in [5, 5.41) is 0. The Bertz CT molecular complexity index is 451. The number of Topliss-reactive ketones (excluding diaryl/α,β-unsaturated/α-hetero) is 1. The monoisotopic (exact) mass is 382 g/mol. The number of halogens is 1. The first kappa shape index (κ1) is 15.8. The minimum Gasteiger partial charge on any atom is -0.309 e. The molecular weight excluding hydrogens is 366 g/mol. The Kier molecular flexibility index (Phi) is 6.49. The molecular formula is C12H16IO4P. The minimum atomic E-state index is -3.31. The van der Waals surface area contributed by atoms with E-state index >= 15 is 0 Å². The summed E-state index contributed by atoms with van der Waals surface area (Å²) in [6.07, 6.45) is -0.214. The second-order valence-corrected chi connectivity index (χ2v) is 6.84. The first-order chi connectivity index (χ1) is 8.50. The molecule has 0 unspecified atom stereocenters. The molecule has 0 bridgehead atoms. The first-order valence-electron chi connectivity index (χ1n) is 5.67. The van der Waals surface area contributed by atoms with Crippen LogP contribution in [0.25, 0.3) is 0 Å². The van der Waals surface area contributed by atoms with Gasteiger partial charge in [0.2, 0.25) is 0 Å². The molecule has 0 aliphatic carbocycles. The number of carbonyl (C=O) groups excluding carboxylic acids is 1. The third-order valence-electron chi connectivity index (χ3n) is 2.14. The third kappa shape index (κ3) is 4.80. The lowest BCUT2D eigenvalue weighted by Gasteiger charge is -2.16. The summed E-state index contributed by atoms with van der Waals surface area (Å²) < 4.78 is 23.4. The van der Waals surface area contributed by atoms with E-state index in [-0.39, 0.29) is 25.2 Å². The molecule has 1 aromatic rings. The Morgan fingerprint density at radius 2 is 1.89 bits per heavy atom. The van der Waals surface area contributed by atoms with Gasteiger partial charge in [0.1, 0.15) is 6.16 Å². The quantitative estimate of drug-likeness (QED) is 0.410. The third-order valence-corrected chi connectivity index (χ3v) is 4.78. The molecule has 0 aliphatic heterocycles. The Morgan fingerprint density at radius 1 is 1.28 bits per heavy atom. The second-order valence-electron chi connectivity index (χ2n) is 3.54. The van der Waals surface area contributed by atoms with Crippen LogP contribution in [-0.2, 0) is 13.6 Å². The summed E-state index contributed by atoms with van der Waals surface area (Å²) in [6.45, 7) is 3.97. The Hall–Kier alpha value is -0.230. The summed E-state index contributed by atoms with van der Waals surface area (Å²) in [4.78, 5) is 12.0. The van der Waals surface area contributed by atoms with E-state index in [1.165, 1.54) is 0 Å². The smallest absolute Gasteiger partial charge is 0.309 e. The number of benzene rings is 1. The van der Waals surface area contributed by atoms with E-state index in [1.807, 2.05) is 6.07 Å². The maximum Gasteiger partial charge on any atom is 0.338 e. The molecule has 0 atom stereocenters. The highest BCUT2D eigenvalue weighted by Gasteiger charge is 2.28. The Morgan fingerprint density at radius 3 is 2.39 bits per heavy atom. The zero-order valence-electron chi connectivity index (χ0n) is 10.4. The van der Waals surface area contributed by atoms with Crippen LogP contribution in [0.15, 0.2) is 24.3 Å². The lowest BCUT2D eigenvalue weighted by atomic mass is 10.2. The standard InChI is InChI=1S/C12H16IO4P/c1-3-16-18(15,17-4-2)9-12(14)10-6-5-7-11(13)8-10/h5-8H,3-4,9H2,1-2H3. The van der Waals surface area contributed by atoms with Gasteiger partial charge < -0.3 is 9.05 Å². The first-order valence-corrected chi connectivity index (χ1v) is 8.48. The fraction of sp³-hybridized carbons (Fsp3) is 0.417. The lowest BCUT2D eigenvalue weighted by molar-refractivity contribution is 0.100. The van der Waals surface area contributed by atoms with Crippen molar-refractivity contribution in [3.63, 3.8) is 0 Å². The largest absolute Gasteiger partial charge is 0.338 e. The van der Waals surface area contributed by atoms with Gasteiger partial charge in [-0.15, -0.1) is 0 Å². The fourth-order valence-corrected chi connectivity index (χ4v) is 3.57. The van der Waals surface area contributed by atoms with Gasteiger partial charge in [-0.1, -0.05) is 12.1 Å². The molecule has 0 aromatic heterocycles. The van der Waals surface area contributed by atoms with Gasteiger partial charge in [0.25, 0.3) is 0 Å². The Labute approximate surface area is 121 Å². The number of hydrogen-bond donors (Lipinski definition) is 0. The number of hydrogen-bond acceptors (Lipinski definition) is 4. The highest BCUT2D eigenvalue weighted by Crippen LogP contribution is 2.48. The van der Waals surface area contributed by atoms with Crippen LogP contribution < -0.4 is 0 Å². The van der Waals surface area contributed by atoms with E-state index in [0.29, 0.717) is 5.56 Å². The van der Waals surface area contributed by atoms with Crippen molar-refractivity contribution >= 4 is 36.0 Å². The normalized spacial score (nSPS) is 11.5. The molecule has 0 amide bonds. The van der Waals surface area contributed by atoms with Gasteiger partial charge in [-0.05, 0) is 48.6 Å². The van der Waals surface area contributed by atoms with Crippen molar-refractivity contribution < 1.29 is 18.4 Å². The second kappa shape index (κ2) is 7.38. The van der Waals surface area contributed by atoms with Crippen LogP contribution in [-0.4, -0.2) is 25.2 Å². The number of ketones is 1.